The summed E-state index contributed by atoms with van der Waals surface area (Å²) >= 11 is 0. The molecule has 5 rings (SSSR count). The molecule has 5 atom stereocenters. The van der Waals surface area contributed by atoms with Gasteiger partial charge in [0.15, 0.2) is 6.29 Å². The first kappa shape index (κ1) is 33.8. The van der Waals surface area contributed by atoms with Gasteiger partial charge in [-0.25, -0.2) is 17.8 Å². The SMILES string of the molecule is CNc1cccc(S(=O)(=O)N(CC(OP(=O)(O)O)[C@H](Cc2ccccc2)NC(=O)OC2COC3OCCC23)OC2CCCC2)c1. The Balaban J connectivity index is 1.45. The lowest BCUT2D eigenvalue weighted by Crippen LogP contribution is -2.52. The maximum absolute atomic E-state index is 14.0. The smallest absolute Gasteiger partial charge is 0.443 e. The molecule has 1 aliphatic carbocycles. The molecule has 2 saturated heterocycles. The molecule has 2 aromatic carbocycles. The number of benzene rings is 2. The lowest BCUT2D eigenvalue weighted by molar-refractivity contribution is -0.144. The summed E-state index contributed by atoms with van der Waals surface area (Å²) in [7, 11) is -7.93. The van der Waals surface area contributed by atoms with E-state index in [9.17, 15) is 27.6 Å². The van der Waals surface area contributed by atoms with Crippen molar-refractivity contribution >= 4 is 29.6 Å². The van der Waals surface area contributed by atoms with E-state index < -0.39 is 61.1 Å². The summed E-state index contributed by atoms with van der Waals surface area (Å²) in [5.74, 6) is -0.140. The van der Waals surface area contributed by atoms with Crippen molar-refractivity contribution in [3.63, 3.8) is 0 Å². The molecule has 14 nitrogen and oxygen atoms in total. The predicted molar refractivity (Wildman–Crippen MR) is 161 cm³/mol. The Kier molecular flexibility index (Phi) is 11.2. The van der Waals surface area contributed by atoms with Gasteiger partial charge in [0.25, 0.3) is 10.0 Å². The molecule has 0 aromatic heterocycles. The van der Waals surface area contributed by atoms with E-state index in [2.05, 4.69) is 10.6 Å². The van der Waals surface area contributed by atoms with E-state index in [0.29, 0.717) is 37.1 Å². The second-order valence-electron chi connectivity index (χ2n) is 11.3. The largest absolute Gasteiger partial charge is 0.469 e. The number of alkyl carbamates (subject to hydrolysis) is 1. The lowest BCUT2D eigenvalue weighted by atomic mass is 10.0. The number of hydrogen-bond donors (Lipinski definition) is 4. The molecule has 4 unspecified atom stereocenters. The van der Waals surface area contributed by atoms with E-state index in [1.54, 1.807) is 49.5 Å². The zero-order valence-corrected chi connectivity index (χ0v) is 26.6. The number of ether oxygens (including phenoxy) is 3. The number of carbonyl (C=O) groups is 1. The summed E-state index contributed by atoms with van der Waals surface area (Å²) in [5.41, 5.74) is 1.24. The minimum Gasteiger partial charge on any atom is -0.443 e. The highest BCUT2D eigenvalue weighted by Gasteiger charge is 2.45. The van der Waals surface area contributed by atoms with Gasteiger partial charge < -0.3 is 34.6 Å². The molecule has 0 radical (unpaired) electrons. The number of phosphoric ester groups is 1. The fourth-order valence-electron chi connectivity index (χ4n) is 5.86. The summed E-state index contributed by atoms with van der Waals surface area (Å²) in [4.78, 5) is 39.1. The van der Waals surface area contributed by atoms with Gasteiger partial charge in [0, 0.05) is 12.7 Å². The van der Waals surface area contributed by atoms with Crippen LogP contribution in [0.3, 0.4) is 0 Å². The van der Waals surface area contributed by atoms with E-state index in [-0.39, 0.29) is 23.8 Å². The zero-order chi connectivity index (χ0) is 32.0. The first-order chi connectivity index (χ1) is 21.5. The third kappa shape index (κ3) is 9.03. The maximum atomic E-state index is 14.0. The molecule has 1 saturated carbocycles. The number of anilines is 1. The Hall–Kier alpha value is -2.59. The average molecular weight is 670 g/mol. The van der Waals surface area contributed by atoms with Crippen molar-refractivity contribution in [3.8, 4) is 0 Å². The van der Waals surface area contributed by atoms with Gasteiger partial charge in [0.1, 0.15) is 12.2 Å². The lowest BCUT2D eigenvalue weighted by Gasteiger charge is -2.33. The quantitative estimate of drug-likeness (QED) is 0.171. The number of carbonyl (C=O) groups excluding carboxylic acids is 1. The van der Waals surface area contributed by atoms with Crippen molar-refractivity contribution < 1.29 is 51.1 Å². The van der Waals surface area contributed by atoms with Crippen LogP contribution in [0.15, 0.2) is 59.5 Å². The molecule has 2 aliphatic heterocycles. The molecular formula is C29H40N3O11PS. The van der Waals surface area contributed by atoms with Crippen LogP contribution in [0.1, 0.15) is 37.7 Å². The number of rotatable bonds is 14. The number of sulfonamides is 1. The first-order valence-electron chi connectivity index (χ1n) is 15.0. The Labute approximate surface area is 262 Å². The van der Waals surface area contributed by atoms with Crippen LogP contribution in [0, 0.1) is 5.92 Å². The van der Waals surface area contributed by atoms with Crippen LogP contribution < -0.4 is 10.6 Å². The summed E-state index contributed by atoms with van der Waals surface area (Å²) < 4.78 is 63.0. The number of hydroxylamine groups is 1. The third-order valence-corrected chi connectivity index (χ3v) is 10.3. The van der Waals surface area contributed by atoms with Gasteiger partial charge >= 0.3 is 13.9 Å². The van der Waals surface area contributed by atoms with Gasteiger partial charge in [-0.15, -0.1) is 0 Å². The molecule has 0 bridgehead atoms. The second kappa shape index (κ2) is 14.9. The molecular weight excluding hydrogens is 629 g/mol. The van der Waals surface area contributed by atoms with Crippen molar-refractivity contribution in [1.29, 1.82) is 0 Å². The highest BCUT2D eigenvalue weighted by molar-refractivity contribution is 7.89. The van der Waals surface area contributed by atoms with Gasteiger partial charge in [-0.3, -0.25) is 9.36 Å². The van der Waals surface area contributed by atoms with Crippen molar-refractivity contribution in [2.75, 3.05) is 32.1 Å². The van der Waals surface area contributed by atoms with Crippen LogP contribution in [0.25, 0.3) is 0 Å². The zero-order valence-electron chi connectivity index (χ0n) is 24.9. The number of fused-ring (bicyclic) bond motifs is 1. The summed E-state index contributed by atoms with van der Waals surface area (Å²) in [6.45, 7) is -0.0216. The molecule has 0 spiro atoms. The standard InChI is InChI=1S/C29H40N3O11PS/c1-30-21-10-7-13-23(17-21)45(37,38)32(42-22-11-5-6-12-22)18-26(43-44(34,35)36)25(16-20-8-3-2-4-9-20)31-29(33)41-27-19-40-28-24(27)14-15-39-28/h2-4,7-10,13,17,22,24-28,30H,5-6,11-12,14-16,18-19H2,1H3,(H,31,33)(H2,34,35,36)/t24?,25-,26?,27?,28?/m0/s1. The molecule has 3 fully saturated rings. The van der Waals surface area contributed by atoms with Crippen LogP contribution >= 0.6 is 7.82 Å². The van der Waals surface area contributed by atoms with E-state index in [4.69, 9.17) is 23.6 Å². The van der Waals surface area contributed by atoms with Crippen molar-refractivity contribution in [3.05, 3.63) is 60.2 Å². The highest BCUT2D eigenvalue weighted by atomic mass is 32.2. The molecule has 2 aromatic rings. The molecule has 248 valence electrons. The highest BCUT2D eigenvalue weighted by Crippen LogP contribution is 2.40. The monoisotopic (exact) mass is 669 g/mol. The Morgan fingerprint density at radius 2 is 1.84 bits per heavy atom. The predicted octanol–water partition coefficient (Wildman–Crippen LogP) is 3.17. The van der Waals surface area contributed by atoms with Crippen LogP contribution in [-0.2, 0) is 44.6 Å². The Bertz CT molecular complexity index is 1440. The normalized spacial score (nSPS) is 23.5. The van der Waals surface area contributed by atoms with Gasteiger partial charge in [-0.1, -0.05) is 53.7 Å². The number of amides is 1. The molecule has 16 heteroatoms. The number of phosphoric acid groups is 1. The van der Waals surface area contributed by atoms with E-state index in [0.717, 1.165) is 17.3 Å². The molecule has 1 amide bonds. The fraction of sp³-hybridized carbons (Fsp3) is 0.552. The number of nitrogens with zero attached hydrogens (tertiary/aromatic N) is 1. The number of hydrogen-bond acceptors (Lipinski definition) is 10. The Morgan fingerprint density at radius 3 is 2.56 bits per heavy atom. The minimum atomic E-state index is -5.21. The van der Waals surface area contributed by atoms with E-state index in [1.165, 1.54) is 12.1 Å². The second-order valence-corrected chi connectivity index (χ2v) is 14.3. The van der Waals surface area contributed by atoms with E-state index >= 15 is 0 Å². The van der Waals surface area contributed by atoms with Crippen LogP contribution in [-0.4, -0.2) is 86.2 Å². The Morgan fingerprint density at radius 1 is 1.09 bits per heavy atom. The van der Waals surface area contributed by atoms with Crippen molar-refractivity contribution in [2.45, 2.75) is 74.1 Å². The van der Waals surface area contributed by atoms with E-state index in [1.807, 2.05) is 0 Å². The first-order valence-corrected chi connectivity index (χ1v) is 17.9. The van der Waals surface area contributed by atoms with Crippen molar-refractivity contribution in [1.82, 2.24) is 9.79 Å². The maximum Gasteiger partial charge on any atom is 0.469 e. The number of nitrogens with one attached hydrogen (secondary N) is 2. The van der Waals surface area contributed by atoms with Gasteiger partial charge in [0.05, 0.1) is 42.7 Å². The van der Waals surface area contributed by atoms with Crippen LogP contribution in [0.4, 0.5) is 10.5 Å². The van der Waals surface area contributed by atoms with Gasteiger partial charge in [-0.05, 0) is 49.4 Å². The van der Waals surface area contributed by atoms with Gasteiger partial charge in [0.2, 0.25) is 0 Å². The summed E-state index contributed by atoms with van der Waals surface area (Å²) in [6, 6.07) is 13.8. The fourth-order valence-corrected chi connectivity index (χ4v) is 7.76. The van der Waals surface area contributed by atoms with Crippen LogP contribution in [0.5, 0.6) is 0 Å². The molecule has 3 aliphatic rings. The van der Waals surface area contributed by atoms with Gasteiger partial charge in [-0.2, -0.15) is 0 Å². The molecule has 2 heterocycles. The average Bonchev–Trinajstić information content (AvgIpc) is 3.77. The minimum absolute atomic E-state index is 0.0312. The van der Waals surface area contributed by atoms with Crippen molar-refractivity contribution in [2.24, 2.45) is 5.92 Å². The molecule has 4 N–H and O–H groups in total. The summed E-state index contributed by atoms with van der Waals surface area (Å²) in [6.07, 6.45) is -0.315. The summed E-state index contributed by atoms with van der Waals surface area (Å²) in [5, 5.41) is 5.59. The topological polar surface area (TPSA) is 182 Å². The van der Waals surface area contributed by atoms with Crippen LogP contribution in [0.2, 0.25) is 0 Å². The molecule has 45 heavy (non-hydrogen) atoms. The third-order valence-electron chi connectivity index (χ3n) is 8.15.